The Hall–Kier alpha value is -1.11. The molecule has 0 atom stereocenters. The topological polar surface area (TPSA) is 101 Å². The van der Waals surface area contributed by atoms with E-state index in [1.807, 2.05) is 0 Å². The molecule has 1 amide bonds. The van der Waals surface area contributed by atoms with Crippen LogP contribution in [0.2, 0.25) is 0 Å². The summed E-state index contributed by atoms with van der Waals surface area (Å²) in [6, 6.07) is 0.0930. The zero-order valence-electron chi connectivity index (χ0n) is 10.9. The molecule has 2 N–H and O–H groups in total. The SMILES string of the molecule is O=C(O)CCCS(=O)(=O)CC(=O)NC1CCCCC1. The van der Waals surface area contributed by atoms with Gasteiger partial charge in [0.25, 0.3) is 0 Å². The molecule has 19 heavy (non-hydrogen) atoms. The second-order valence-corrected chi connectivity index (χ2v) is 7.18. The summed E-state index contributed by atoms with van der Waals surface area (Å²) in [4.78, 5) is 21.9. The lowest BCUT2D eigenvalue weighted by molar-refractivity contribution is -0.137. The van der Waals surface area contributed by atoms with Crippen LogP contribution in [0.3, 0.4) is 0 Å². The number of carboxylic acids is 1. The van der Waals surface area contributed by atoms with Gasteiger partial charge in [-0.25, -0.2) is 8.42 Å². The number of carbonyl (C=O) groups is 2. The number of hydrogen-bond donors (Lipinski definition) is 2. The number of rotatable bonds is 7. The van der Waals surface area contributed by atoms with Gasteiger partial charge in [-0.1, -0.05) is 19.3 Å². The van der Waals surface area contributed by atoms with E-state index >= 15 is 0 Å². The Morgan fingerprint density at radius 3 is 2.37 bits per heavy atom. The number of amides is 1. The second-order valence-electron chi connectivity index (χ2n) is 4.99. The maximum Gasteiger partial charge on any atom is 0.303 e. The van der Waals surface area contributed by atoms with Gasteiger partial charge in [-0.3, -0.25) is 9.59 Å². The van der Waals surface area contributed by atoms with Crippen LogP contribution < -0.4 is 5.32 Å². The molecule has 1 saturated carbocycles. The van der Waals surface area contributed by atoms with Crippen LogP contribution in [0.4, 0.5) is 0 Å². The van der Waals surface area contributed by atoms with Crippen LogP contribution in [0.1, 0.15) is 44.9 Å². The molecular weight excluding hydrogens is 270 g/mol. The predicted molar refractivity (Wildman–Crippen MR) is 70.5 cm³/mol. The van der Waals surface area contributed by atoms with Crippen molar-refractivity contribution in [2.24, 2.45) is 0 Å². The summed E-state index contributed by atoms with van der Waals surface area (Å²) in [6.45, 7) is 0. The van der Waals surface area contributed by atoms with Crippen LogP contribution in [-0.4, -0.2) is 42.9 Å². The first-order valence-electron chi connectivity index (χ1n) is 6.60. The van der Waals surface area contributed by atoms with Gasteiger partial charge in [-0.15, -0.1) is 0 Å². The molecule has 0 bridgehead atoms. The normalized spacial score (nSPS) is 17.1. The largest absolute Gasteiger partial charge is 0.481 e. The summed E-state index contributed by atoms with van der Waals surface area (Å²) in [5.41, 5.74) is 0. The van der Waals surface area contributed by atoms with Gasteiger partial charge < -0.3 is 10.4 Å². The molecule has 0 aromatic rings. The van der Waals surface area contributed by atoms with Crippen molar-refractivity contribution < 1.29 is 23.1 Å². The number of nitrogens with one attached hydrogen (secondary N) is 1. The van der Waals surface area contributed by atoms with Gasteiger partial charge in [0.1, 0.15) is 5.75 Å². The van der Waals surface area contributed by atoms with Crippen molar-refractivity contribution in [1.82, 2.24) is 5.32 Å². The summed E-state index contributed by atoms with van der Waals surface area (Å²) < 4.78 is 23.2. The molecule has 1 rings (SSSR count). The third-order valence-electron chi connectivity index (χ3n) is 3.17. The number of carboxylic acid groups (broad SMARTS) is 1. The van der Waals surface area contributed by atoms with E-state index in [0.29, 0.717) is 0 Å². The highest BCUT2D eigenvalue weighted by Crippen LogP contribution is 2.17. The molecule has 0 radical (unpaired) electrons. The van der Waals surface area contributed by atoms with E-state index in [9.17, 15) is 18.0 Å². The van der Waals surface area contributed by atoms with Crippen molar-refractivity contribution in [2.45, 2.75) is 51.0 Å². The minimum absolute atomic E-state index is 0.0500. The Morgan fingerprint density at radius 1 is 1.16 bits per heavy atom. The summed E-state index contributed by atoms with van der Waals surface area (Å²) in [5, 5.41) is 11.2. The van der Waals surface area contributed by atoms with E-state index in [-0.39, 0.29) is 24.6 Å². The first kappa shape index (κ1) is 15.9. The zero-order valence-corrected chi connectivity index (χ0v) is 11.7. The minimum Gasteiger partial charge on any atom is -0.481 e. The van der Waals surface area contributed by atoms with Crippen molar-refractivity contribution >= 4 is 21.7 Å². The lowest BCUT2D eigenvalue weighted by Crippen LogP contribution is -2.39. The van der Waals surface area contributed by atoms with Gasteiger partial charge in [0.2, 0.25) is 5.91 Å². The molecule has 7 heteroatoms. The number of hydrogen-bond acceptors (Lipinski definition) is 4. The van der Waals surface area contributed by atoms with E-state index in [2.05, 4.69) is 5.32 Å². The third kappa shape index (κ3) is 7.15. The van der Waals surface area contributed by atoms with Crippen LogP contribution in [0.25, 0.3) is 0 Å². The van der Waals surface area contributed by atoms with Crippen molar-refractivity contribution in [2.75, 3.05) is 11.5 Å². The van der Waals surface area contributed by atoms with Gasteiger partial charge >= 0.3 is 5.97 Å². The molecule has 6 nitrogen and oxygen atoms in total. The van der Waals surface area contributed by atoms with Gasteiger partial charge in [0.15, 0.2) is 9.84 Å². The summed E-state index contributed by atoms with van der Waals surface area (Å²) in [7, 11) is -3.50. The molecule has 0 aromatic heterocycles. The maximum atomic E-state index is 11.6. The molecule has 0 heterocycles. The van der Waals surface area contributed by atoms with E-state index < -0.39 is 27.5 Å². The van der Waals surface area contributed by atoms with Crippen LogP contribution in [0.5, 0.6) is 0 Å². The van der Waals surface area contributed by atoms with Crippen LogP contribution >= 0.6 is 0 Å². The number of aliphatic carboxylic acids is 1. The lowest BCUT2D eigenvalue weighted by atomic mass is 9.95. The smallest absolute Gasteiger partial charge is 0.303 e. The Morgan fingerprint density at radius 2 is 1.79 bits per heavy atom. The Kier molecular flexibility index (Phi) is 6.27. The average molecular weight is 291 g/mol. The van der Waals surface area contributed by atoms with Crippen molar-refractivity contribution in [3.05, 3.63) is 0 Å². The molecule has 1 fully saturated rings. The third-order valence-corrected chi connectivity index (χ3v) is 4.78. The molecule has 0 spiro atoms. The average Bonchev–Trinajstić information content (AvgIpc) is 2.28. The predicted octanol–water partition coefficient (Wildman–Crippen LogP) is 0.715. The molecule has 110 valence electrons. The fourth-order valence-electron chi connectivity index (χ4n) is 2.23. The van der Waals surface area contributed by atoms with E-state index in [1.54, 1.807) is 0 Å². The van der Waals surface area contributed by atoms with Crippen molar-refractivity contribution in [1.29, 1.82) is 0 Å². The van der Waals surface area contributed by atoms with Crippen LogP contribution in [0, 0.1) is 0 Å². The summed E-state index contributed by atoms with van der Waals surface area (Å²) in [5.74, 6) is -2.29. The molecule has 0 saturated heterocycles. The van der Waals surface area contributed by atoms with Gasteiger partial charge in [-0.2, -0.15) is 0 Å². The summed E-state index contributed by atoms with van der Waals surface area (Å²) >= 11 is 0. The molecule has 1 aliphatic rings. The Balaban J connectivity index is 2.31. The van der Waals surface area contributed by atoms with Gasteiger partial charge in [0.05, 0.1) is 5.75 Å². The molecular formula is C12H21NO5S. The number of sulfone groups is 1. The Labute approximate surface area is 113 Å². The molecule has 0 aromatic carbocycles. The van der Waals surface area contributed by atoms with Gasteiger partial charge in [0, 0.05) is 12.5 Å². The quantitative estimate of drug-likeness (QED) is 0.719. The first-order valence-corrected chi connectivity index (χ1v) is 8.43. The molecule has 0 unspecified atom stereocenters. The van der Waals surface area contributed by atoms with E-state index in [1.165, 1.54) is 6.42 Å². The highest BCUT2D eigenvalue weighted by atomic mass is 32.2. The highest BCUT2D eigenvalue weighted by molar-refractivity contribution is 7.92. The molecule has 1 aliphatic carbocycles. The van der Waals surface area contributed by atoms with Crippen molar-refractivity contribution in [3.8, 4) is 0 Å². The van der Waals surface area contributed by atoms with E-state index in [4.69, 9.17) is 5.11 Å². The highest BCUT2D eigenvalue weighted by Gasteiger charge is 2.20. The Bertz CT molecular complexity index is 412. The fraction of sp³-hybridized carbons (Fsp3) is 0.833. The van der Waals surface area contributed by atoms with E-state index in [0.717, 1.165) is 25.7 Å². The van der Waals surface area contributed by atoms with Crippen molar-refractivity contribution in [3.63, 3.8) is 0 Å². The van der Waals surface area contributed by atoms with Crippen LogP contribution in [-0.2, 0) is 19.4 Å². The summed E-state index contributed by atoms with van der Waals surface area (Å²) in [6.07, 6.45) is 4.97. The molecule has 0 aliphatic heterocycles. The lowest BCUT2D eigenvalue weighted by Gasteiger charge is -2.22. The standard InChI is InChI=1S/C12H21NO5S/c14-11(13-10-5-2-1-3-6-10)9-19(17,18)8-4-7-12(15)16/h10H,1-9H2,(H,13,14)(H,15,16). The monoisotopic (exact) mass is 291 g/mol. The minimum atomic E-state index is -3.50. The number of carbonyl (C=O) groups excluding carboxylic acids is 1. The second kappa shape index (κ2) is 7.47. The van der Waals surface area contributed by atoms with Gasteiger partial charge in [-0.05, 0) is 19.3 Å². The zero-order chi connectivity index (χ0) is 14.3. The van der Waals surface area contributed by atoms with Crippen LogP contribution in [0.15, 0.2) is 0 Å². The fourth-order valence-corrected chi connectivity index (χ4v) is 3.44. The first-order chi connectivity index (χ1) is 8.89. The maximum absolute atomic E-state index is 11.6.